The summed E-state index contributed by atoms with van der Waals surface area (Å²) in [6.07, 6.45) is -5.56. The molecule has 2 saturated heterocycles. The van der Waals surface area contributed by atoms with Gasteiger partial charge < -0.3 is 73.6 Å². The molecule has 0 radical (unpaired) electrons. The van der Waals surface area contributed by atoms with Crippen molar-refractivity contribution in [3.8, 4) is 11.5 Å². The van der Waals surface area contributed by atoms with Crippen LogP contribution in [0.3, 0.4) is 0 Å². The van der Waals surface area contributed by atoms with E-state index in [-0.39, 0.29) is 29.0 Å². The SMILES string of the molecule is CCC1/C=C(\C)C(O)C/C=C/C=C(\CO[C@@H]2OC(C)[C@H](OC(=O)c3c(C)c(Cl)c(O)c(Cl)c3O)C(O)[C@@H]2OC)C(=O)OC(C(C)O)C/C=C(C)/C=C(\C)C1O[C@@H]1OC(C)(C)[C@H](O)C(O)[C@@H]1OC(=O)C(C)C. The Kier molecular flexibility index (Phi) is 21.7. The zero-order chi connectivity index (χ0) is 53.4. The van der Waals surface area contributed by atoms with Crippen LogP contribution in [0.5, 0.6) is 11.5 Å². The smallest absolute Gasteiger partial charge is 0.342 e. The van der Waals surface area contributed by atoms with Crippen molar-refractivity contribution in [1.29, 1.82) is 0 Å². The van der Waals surface area contributed by atoms with E-state index >= 15 is 0 Å². The van der Waals surface area contributed by atoms with Crippen LogP contribution < -0.4 is 0 Å². The number of esters is 3. The van der Waals surface area contributed by atoms with E-state index in [1.54, 1.807) is 46.8 Å². The lowest BCUT2D eigenvalue weighted by Crippen LogP contribution is -2.64. The minimum absolute atomic E-state index is 0.0290. The maximum absolute atomic E-state index is 13.9. The molecule has 0 aromatic heterocycles. The van der Waals surface area contributed by atoms with Gasteiger partial charge in [0.15, 0.2) is 36.3 Å². The van der Waals surface area contributed by atoms with Crippen LogP contribution in [0.25, 0.3) is 0 Å². The number of hydrogen-bond acceptors (Lipinski definition) is 18. The monoisotopic (exact) mass is 1040 g/mol. The molecule has 0 bridgehead atoms. The molecule has 0 spiro atoms. The van der Waals surface area contributed by atoms with Gasteiger partial charge in [-0.15, -0.1) is 0 Å². The van der Waals surface area contributed by atoms with Crippen molar-refractivity contribution >= 4 is 41.1 Å². The highest BCUT2D eigenvalue weighted by Crippen LogP contribution is 2.44. The predicted octanol–water partition coefficient (Wildman–Crippen LogP) is 5.98. The summed E-state index contributed by atoms with van der Waals surface area (Å²) in [7, 11) is 1.26. The van der Waals surface area contributed by atoms with Crippen LogP contribution in [-0.2, 0) is 47.5 Å². The minimum atomic E-state index is -1.57. The fraction of sp³-hybridized carbons (Fsp3) is 0.627. The third kappa shape index (κ3) is 14.7. The number of aliphatic hydroxyl groups is 5. The van der Waals surface area contributed by atoms with E-state index in [2.05, 4.69) is 0 Å². The zero-order valence-electron chi connectivity index (χ0n) is 42.3. The first-order valence-electron chi connectivity index (χ1n) is 23.6. The lowest BCUT2D eigenvalue weighted by molar-refractivity contribution is -0.333. The molecule has 0 saturated carbocycles. The number of aromatic hydroxyl groups is 2. The molecule has 2 fully saturated rings. The number of carbonyl (C=O) groups is 3. The van der Waals surface area contributed by atoms with Crippen molar-refractivity contribution in [3.05, 3.63) is 79.9 Å². The quantitative estimate of drug-likeness (QED) is 0.0721. The number of phenolic OH excluding ortho intramolecular Hbond substituents is 2. The summed E-state index contributed by atoms with van der Waals surface area (Å²) < 4.78 is 47.6. The Morgan fingerprint density at radius 1 is 0.901 bits per heavy atom. The number of benzene rings is 1. The van der Waals surface area contributed by atoms with Crippen LogP contribution in [0.1, 0.15) is 104 Å². The lowest BCUT2D eigenvalue weighted by Gasteiger charge is -2.47. The van der Waals surface area contributed by atoms with E-state index in [0.717, 1.165) is 0 Å². The van der Waals surface area contributed by atoms with E-state index in [0.29, 0.717) is 23.1 Å². The topological polar surface area (TPSA) is 267 Å². The highest BCUT2D eigenvalue weighted by molar-refractivity contribution is 6.39. The Morgan fingerprint density at radius 2 is 1.56 bits per heavy atom. The Morgan fingerprint density at radius 3 is 2.17 bits per heavy atom. The molecular weight excluding hydrogens is 971 g/mol. The van der Waals surface area contributed by atoms with Gasteiger partial charge in [-0.3, -0.25) is 4.79 Å². The van der Waals surface area contributed by atoms with Gasteiger partial charge in [0.2, 0.25) is 0 Å². The molecule has 398 valence electrons. The molecule has 1 aromatic carbocycles. The average molecular weight is 1040 g/mol. The van der Waals surface area contributed by atoms with Gasteiger partial charge in [-0.1, -0.05) is 79.9 Å². The summed E-state index contributed by atoms with van der Waals surface area (Å²) in [6.45, 7) is 17.7. The largest absolute Gasteiger partial charge is 0.505 e. The van der Waals surface area contributed by atoms with Gasteiger partial charge in [0.1, 0.15) is 41.1 Å². The molecule has 3 aliphatic heterocycles. The van der Waals surface area contributed by atoms with E-state index < -0.39 is 144 Å². The van der Waals surface area contributed by atoms with Crippen molar-refractivity contribution in [3.63, 3.8) is 0 Å². The number of phenols is 2. The molecule has 3 heterocycles. The van der Waals surface area contributed by atoms with Gasteiger partial charge in [0, 0.05) is 19.4 Å². The number of methoxy groups -OCH3 is 1. The van der Waals surface area contributed by atoms with Crippen LogP contribution in [-0.4, -0.2) is 153 Å². The third-order valence-electron chi connectivity index (χ3n) is 12.8. The number of hydrogen-bond donors (Lipinski definition) is 7. The molecule has 14 atom stereocenters. The van der Waals surface area contributed by atoms with Gasteiger partial charge >= 0.3 is 17.9 Å². The normalized spacial score (nSPS) is 35.2. The second kappa shape index (κ2) is 25.9. The van der Waals surface area contributed by atoms with E-state index in [1.807, 2.05) is 32.9 Å². The second-order valence-corrected chi connectivity index (χ2v) is 19.9. The number of aliphatic hydroxyl groups excluding tert-OH is 5. The summed E-state index contributed by atoms with van der Waals surface area (Å²) in [4.78, 5) is 40.1. The van der Waals surface area contributed by atoms with Crippen molar-refractivity contribution in [2.24, 2.45) is 11.8 Å². The molecule has 1 aromatic rings. The standard InChI is InChI=1S/C51H72Cl2O18/c1-13-30-21-25(5)32(55)17-15-14-16-31(22-65-49-43(64-12)39(58)42(29(9)66-49)68-48(63)34-27(7)35(52)38(57)36(53)37(34)56)47(62)67-33(28(8)54)19-18-24(4)20-26(6)41(30)70-50-44(69-46(61)23(2)3)40(59)45(60)51(10,11)71-50/h14-16,18,20-21,23,28-30,32-33,39-45,49-50,54-60H,13,17,19,22H2,1-12H3/b15-14+,24-18+,25-21+,26-20+,31-16+/t28?,29?,30?,32?,33?,39?,40?,41?,42-,43-,44-,45+,49+,50+/m0/s1. The van der Waals surface area contributed by atoms with Gasteiger partial charge in [0.25, 0.3) is 0 Å². The summed E-state index contributed by atoms with van der Waals surface area (Å²) in [6, 6.07) is 0. The fourth-order valence-corrected chi connectivity index (χ4v) is 8.71. The number of rotatable bonds is 12. The van der Waals surface area contributed by atoms with Gasteiger partial charge in [-0.2, -0.15) is 0 Å². The molecule has 20 heteroatoms. The molecule has 18 nitrogen and oxygen atoms in total. The maximum atomic E-state index is 13.9. The van der Waals surface area contributed by atoms with Gasteiger partial charge in [0.05, 0.1) is 53.1 Å². The van der Waals surface area contributed by atoms with Crippen molar-refractivity contribution < 1.29 is 88.0 Å². The molecule has 3 aliphatic rings. The van der Waals surface area contributed by atoms with Crippen LogP contribution >= 0.6 is 23.2 Å². The van der Waals surface area contributed by atoms with E-state index in [1.165, 1.54) is 40.0 Å². The van der Waals surface area contributed by atoms with Crippen LogP contribution in [0.15, 0.2) is 58.7 Å². The van der Waals surface area contributed by atoms with Gasteiger partial charge in [-0.25, -0.2) is 9.59 Å². The van der Waals surface area contributed by atoms with Gasteiger partial charge in [-0.05, 0) is 91.0 Å². The summed E-state index contributed by atoms with van der Waals surface area (Å²) in [5.41, 5.74) is 0.153. The summed E-state index contributed by atoms with van der Waals surface area (Å²) in [5.74, 6) is -4.98. The van der Waals surface area contributed by atoms with E-state index in [4.69, 9.17) is 61.1 Å². The molecule has 7 N–H and O–H groups in total. The number of ether oxygens (including phenoxy) is 8. The lowest BCUT2D eigenvalue weighted by atomic mass is 9.88. The Bertz CT molecular complexity index is 2170. The molecule has 71 heavy (non-hydrogen) atoms. The Balaban J connectivity index is 1.63. The van der Waals surface area contributed by atoms with Crippen LogP contribution in [0, 0.1) is 18.8 Å². The first-order valence-corrected chi connectivity index (χ1v) is 24.4. The summed E-state index contributed by atoms with van der Waals surface area (Å²) in [5, 5.41) is 75.7. The highest BCUT2D eigenvalue weighted by atomic mass is 35.5. The fourth-order valence-electron chi connectivity index (χ4n) is 8.29. The number of cyclic esters (lactones) is 1. The summed E-state index contributed by atoms with van der Waals surface area (Å²) >= 11 is 12.1. The first kappa shape index (κ1) is 59.7. The zero-order valence-corrected chi connectivity index (χ0v) is 43.8. The van der Waals surface area contributed by atoms with E-state index in [9.17, 15) is 50.1 Å². The van der Waals surface area contributed by atoms with Crippen molar-refractivity contribution in [2.45, 2.75) is 181 Å². The number of allylic oxidation sites excluding steroid dienone is 4. The molecule has 0 amide bonds. The number of carbonyl (C=O) groups excluding carboxylic acids is 3. The predicted molar refractivity (Wildman–Crippen MR) is 260 cm³/mol. The van der Waals surface area contributed by atoms with Crippen molar-refractivity contribution in [1.82, 2.24) is 0 Å². The third-order valence-corrected chi connectivity index (χ3v) is 13.6. The molecule has 0 aliphatic carbocycles. The Hall–Kier alpha value is -3.89. The van der Waals surface area contributed by atoms with Crippen LogP contribution in [0.2, 0.25) is 10.0 Å². The average Bonchev–Trinajstić information content (AvgIpc) is 3.30. The number of halogens is 2. The maximum Gasteiger partial charge on any atom is 0.342 e. The molecule has 4 rings (SSSR count). The first-order chi connectivity index (χ1) is 33.2. The van der Waals surface area contributed by atoms with Crippen LogP contribution in [0.4, 0.5) is 0 Å². The van der Waals surface area contributed by atoms with Crippen molar-refractivity contribution in [2.75, 3.05) is 13.7 Å². The second-order valence-electron chi connectivity index (χ2n) is 19.2. The Labute approximate surface area is 425 Å². The minimum Gasteiger partial charge on any atom is -0.505 e. The molecule has 8 unspecified atom stereocenters. The highest BCUT2D eigenvalue weighted by Gasteiger charge is 2.53. The molecular formula is C51H72Cl2O18.